The standard InChI is InChI=1S/C19H29N5O/c1-14-15-5-3-4-6-16(15)22-18(21-14)24-12-11-23(2)19(13-24)8-7-17(25)20-10-9-19/h3-13H2,1-2H3,(H,20,25)/t19-/m0/s1. The van der Waals surface area contributed by atoms with Gasteiger partial charge in [-0.2, -0.15) is 0 Å². The number of nitrogens with zero attached hydrogens (tertiary/aromatic N) is 4. The molecule has 6 nitrogen and oxygen atoms in total. The van der Waals surface area contributed by atoms with Gasteiger partial charge >= 0.3 is 0 Å². The van der Waals surface area contributed by atoms with Gasteiger partial charge in [0.05, 0.1) is 0 Å². The van der Waals surface area contributed by atoms with Crippen LogP contribution in [0.4, 0.5) is 5.95 Å². The van der Waals surface area contributed by atoms with Crippen LogP contribution in [0.3, 0.4) is 0 Å². The van der Waals surface area contributed by atoms with Crippen molar-refractivity contribution in [3.8, 4) is 0 Å². The normalized spacial score (nSPS) is 27.8. The molecule has 1 N–H and O–H groups in total. The maximum Gasteiger partial charge on any atom is 0.225 e. The fourth-order valence-electron chi connectivity index (χ4n) is 4.67. The Morgan fingerprint density at radius 2 is 1.92 bits per heavy atom. The summed E-state index contributed by atoms with van der Waals surface area (Å²) >= 11 is 0. The zero-order valence-corrected chi connectivity index (χ0v) is 15.5. The Kier molecular flexibility index (Phi) is 4.40. The van der Waals surface area contributed by atoms with E-state index in [4.69, 9.17) is 9.97 Å². The van der Waals surface area contributed by atoms with Gasteiger partial charge in [0, 0.05) is 49.5 Å². The number of nitrogens with one attached hydrogen (secondary N) is 1. The van der Waals surface area contributed by atoms with Gasteiger partial charge in [-0.15, -0.1) is 0 Å². The Morgan fingerprint density at radius 3 is 2.80 bits per heavy atom. The third-order valence-electron chi connectivity index (χ3n) is 6.39. The molecule has 0 saturated carbocycles. The van der Waals surface area contributed by atoms with E-state index in [1.54, 1.807) is 0 Å². The molecule has 1 aromatic rings. The Hall–Kier alpha value is -1.69. The number of carbonyl (C=O) groups excluding carboxylic acids is 1. The highest BCUT2D eigenvalue weighted by atomic mass is 16.1. The van der Waals surface area contributed by atoms with Gasteiger partial charge in [0.25, 0.3) is 0 Å². The highest BCUT2D eigenvalue weighted by molar-refractivity contribution is 5.76. The van der Waals surface area contributed by atoms with Crippen molar-refractivity contribution in [2.24, 2.45) is 0 Å². The molecule has 136 valence electrons. The lowest BCUT2D eigenvalue weighted by molar-refractivity contribution is -0.120. The lowest BCUT2D eigenvalue weighted by Crippen LogP contribution is -2.61. The lowest BCUT2D eigenvalue weighted by Gasteiger charge is -2.49. The van der Waals surface area contributed by atoms with Gasteiger partial charge < -0.3 is 10.2 Å². The number of aryl methyl sites for hydroxylation is 2. The summed E-state index contributed by atoms with van der Waals surface area (Å²) in [5.41, 5.74) is 3.85. The van der Waals surface area contributed by atoms with Crippen LogP contribution in [-0.2, 0) is 17.6 Å². The van der Waals surface area contributed by atoms with Crippen LogP contribution in [0.15, 0.2) is 0 Å². The molecular formula is C19H29N5O. The second kappa shape index (κ2) is 6.56. The molecule has 1 atom stereocenters. The number of piperazine rings is 1. The Labute approximate surface area is 150 Å². The molecule has 1 aromatic heterocycles. The number of fused-ring (bicyclic) bond motifs is 1. The van der Waals surface area contributed by atoms with Crippen molar-refractivity contribution in [2.45, 2.75) is 57.4 Å². The summed E-state index contributed by atoms with van der Waals surface area (Å²) in [5, 5.41) is 3.03. The van der Waals surface area contributed by atoms with Crippen LogP contribution in [0, 0.1) is 6.92 Å². The average Bonchev–Trinajstić information content (AvgIpc) is 2.80. The number of rotatable bonds is 1. The molecule has 25 heavy (non-hydrogen) atoms. The van der Waals surface area contributed by atoms with Gasteiger partial charge in [-0.25, -0.2) is 9.97 Å². The zero-order chi connectivity index (χ0) is 17.4. The van der Waals surface area contributed by atoms with E-state index in [-0.39, 0.29) is 11.4 Å². The number of likely N-dealkylation sites (N-methyl/N-ethyl adjacent to an activating group) is 1. The first-order valence-corrected chi connectivity index (χ1v) is 9.67. The van der Waals surface area contributed by atoms with Crippen molar-refractivity contribution in [1.82, 2.24) is 20.2 Å². The maximum absolute atomic E-state index is 11.8. The SMILES string of the molecule is Cc1nc(N2CCN(C)[C@@]3(CCNC(=O)CC3)C2)nc2c1CCCC2. The minimum Gasteiger partial charge on any atom is -0.356 e. The maximum atomic E-state index is 11.8. The van der Waals surface area contributed by atoms with Gasteiger partial charge in [0.2, 0.25) is 11.9 Å². The monoisotopic (exact) mass is 343 g/mol. The van der Waals surface area contributed by atoms with Crippen molar-refractivity contribution in [2.75, 3.05) is 38.1 Å². The van der Waals surface area contributed by atoms with Gasteiger partial charge in [0.1, 0.15) is 0 Å². The van der Waals surface area contributed by atoms with Crippen LogP contribution < -0.4 is 10.2 Å². The van der Waals surface area contributed by atoms with E-state index in [2.05, 4.69) is 29.1 Å². The van der Waals surface area contributed by atoms with E-state index >= 15 is 0 Å². The largest absolute Gasteiger partial charge is 0.356 e. The minimum atomic E-state index is 0.0462. The number of anilines is 1. The third kappa shape index (κ3) is 3.12. The van der Waals surface area contributed by atoms with Crippen LogP contribution in [0.25, 0.3) is 0 Å². The summed E-state index contributed by atoms with van der Waals surface area (Å²) in [4.78, 5) is 26.4. The van der Waals surface area contributed by atoms with Crippen LogP contribution in [0.2, 0.25) is 0 Å². The van der Waals surface area contributed by atoms with Crippen LogP contribution in [0.5, 0.6) is 0 Å². The Balaban J connectivity index is 1.61. The average molecular weight is 343 g/mol. The quantitative estimate of drug-likeness (QED) is 0.836. The fourth-order valence-corrected chi connectivity index (χ4v) is 4.67. The molecule has 1 aliphatic carbocycles. The number of hydrogen-bond donors (Lipinski definition) is 1. The first-order chi connectivity index (χ1) is 12.1. The van der Waals surface area contributed by atoms with Crippen molar-refractivity contribution in [3.05, 3.63) is 17.0 Å². The van der Waals surface area contributed by atoms with E-state index in [0.717, 1.165) is 63.5 Å². The molecule has 3 aliphatic rings. The van der Waals surface area contributed by atoms with Crippen molar-refractivity contribution in [1.29, 1.82) is 0 Å². The van der Waals surface area contributed by atoms with E-state index in [0.29, 0.717) is 6.42 Å². The van der Waals surface area contributed by atoms with Crippen molar-refractivity contribution >= 4 is 11.9 Å². The zero-order valence-electron chi connectivity index (χ0n) is 15.5. The molecule has 0 unspecified atom stereocenters. The molecule has 4 rings (SSSR count). The predicted octanol–water partition coefficient (Wildman–Crippen LogP) is 1.45. The Bertz CT molecular complexity index is 676. The van der Waals surface area contributed by atoms with Crippen molar-refractivity contribution < 1.29 is 4.79 Å². The molecular weight excluding hydrogens is 314 g/mol. The third-order valence-corrected chi connectivity index (χ3v) is 6.39. The second-order valence-corrected chi connectivity index (χ2v) is 7.91. The van der Waals surface area contributed by atoms with Gasteiger partial charge in [0.15, 0.2) is 0 Å². The summed E-state index contributed by atoms with van der Waals surface area (Å²) in [5.74, 6) is 1.08. The summed E-state index contributed by atoms with van der Waals surface area (Å²) in [6, 6.07) is 0. The first-order valence-electron chi connectivity index (χ1n) is 9.67. The minimum absolute atomic E-state index is 0.0462. The summed E-state index contributed by atoms with van der Waals surface area (Å²) < 4.78 is 0. The van der Waals surface area contributed by atoms with Crippen molar-refractivity contribution in [3.63, 3.8) is 0 Å². The van der Waals surface area contributed by atoms with E-state index in [9.17, 15) is 4.79 Å². The first kappa shape index (κ1) is 16.8. The summed E-state index contributed by atoms with van der Waals surface area (Å²) in [7, 11) is 2.20. The molecule has 3 heterocycles. The molecule has 1 spiro atoms. The molecule has 2 aliphatic heterocycles. The van der Waals surface area contributed by atoms with Gasteiger partial charge in [-0.1, -0.05) is 0 Å². The lowest BCUT2D eigenvalue weighted by atomic mass is 9.86. The molecule has 0 bridgehead atoms. The highest BCUT2D eigenvalue weighted by Gasteiger charge is 2.41. The summed E-state index contributed by atoms with van der Waals surface area (Å²) in [6.07, 6.45) is 7.23. The molecule has 6 heteroatoms. The smallest absolute Gasteiger partial charge is 0.225 e. The number of hydrogen-bond acceptors (Lipinski definition) is 5. The highest BCUT2D eigenvalue weighted by Crippen LogP contribution is 2.32. The predicted molar refractivity (Wildman–Crippen MR) is 97.8 cm³/mol. The molecule has 0 radical (unpaired) electrons. The van der Waals surface area contributed by atoms with Crippen LogP contribution in [-0.4, -0.2) is 59.5 Å². The molecule has 1 amide bonds. The Morgan fingerprint density at radius 1 is 1.08 bits per heavy atom. The summed E-state index contributed by atoms with van der Waals surface area (Å²) in [6.45, 7) is 5.76. The number of amides is 1. The van der Waals surface area contributed by atoms with Gasteiger partial charge in [-0.3, -0.25) is 9.69 Å². The number of aromatic nitrogens is 2. The molecule has 2 saturated heterocycles. The molecule has 2 fully saturated rings. The second-order valence-electron chi connectivity index (χ2n) is 7.91. The van der Waals surface area contributed by atoms with Crippen LogP contribution in [0.1, 0.15) is 49.1 Å². The molecule has 0 aromatic carbocycles. The van der Waals surface area contributed by atoms with E-state index in [1.807, 2.05) is 0 Å². The van der Waals surface area contributed by atoms with E-state index in [1.165, 1.54) is 24.1 Å². The number of carbonyl (C=O) groups is 1. The topological polar surface area (TPSA) is 61.4 Å². The van der Waals surface area contributed by atoms with Gasteiger partial charge in [-0.05, 0) is 58.1 Å². The van der Waals surface area contributed by atoms with Crippen LogP contribution >= 0.6 is 0 Å². The van der Waals surface area contributed by atoms with E-state index < -0.39 is 0 Å². The fraction of sp³-hybridized carbons (Fsp3) is 0.737.